The second kappa shape index (κ2) is 9.43. The van der Waals surface area contributed by atoms with Crippen LogP contribution in [-0.4, -0.2) is 22.1 Å². The number of hydrogen-bond donors (Lipinski definition) is 4. The van der Waals surface area contributed by atoms with E-state index in [1.807, 2.05) is 20.8 Å². The minimum Gasteiger partial charge on any atom is -0.444 e. The molecule has 0 aromatic carbocycles. The third kappa shape index (κ3) is 9.11. The van der Waals surface area contributed by atoms with E-state index in [1.165, 1.54) is 12.4 Å². The first-order chi connectivity index (χ1) is 11.7. The van der Waals surface area contributed by atoms with Gasteiger partial charge in [0.25, 0.3) is 0 Å². The Labute approximate surface area is 147 Å². The second-order valence-corrected chi connectivity index (χ2v) is 6.23. The molecule has 0 unspecified atom stereocenters. The Hall–Kier alpha value is -2.87. The summed E-state index contributed by atoms with van der Waals surface area (Å²) in [5.41, 5.74) is 6.72. The molecule has 0 saturated heterocycles. The second-order valence-electron chi connectivity index (χ2n) is 6.23. The molecule has 5 N–H and O–H groups in total. The van der Waals surface area contributed by atoms with E-state index in [0.29, 0.717) is 13.1 Å². The third-order valence-electron chi connectivity index (χ3n) is 2.84. The molecule has 0 spiro atoms. The van der Waals surface area contributed by atoms with Crippen LogP contribution in [0.15, 0.2) is 49.1 Å². The molecule has 0 aliphatic carbocycles. The van der Waals surface area contributed by atoms with Crippen molar-refractivity contribution >= 4 is 6.09 Å². The maximum Gasteiger partial charge on any atom is 0.407 e. The molecular formula is C17H26N4O4+2. The average Bonchev–Trinajstić information content (AvgIpc) is 2.54. The normalized spacial score (nSPS) is 10.4. The maximum absolute atomic E-state index is 11.3. The summed E-state index contributed by atoms with van der Waals surface area (Å²) < 4.78 is 7.01. The zero-order valence-electron chi connectivity index (χ0n) is 14.7. The quantitative estimate of drug-likeness (QED) is 0.485. The Bertz CT molecular complexity index is 652. The molecule has 8 nitrogen and oxygen atoms in total. The van der Waals surface area contributed by atoms with Crippen LogP contribution in [0.4, 0.5) is 4.79 Å². The van der Waals surface area contributed by atoms with Gasteiger partial charge in [-0.2, -0.15) is 0 Å². The van der Waals surface area contributed by atoms with E-state index in [0.717, 1.165) is 20.6 Å². The van der Waals surface area contributed by atoms with Crippen LogP contribution in [0.2, 0.25) is 0 Å². The number of nitrogens with two attached hydrogens (primary N) is 1. The van der Waals surface area contributed by atoms with E-state index < -0.39 is 11.7 Å². The summed E-state index contributed by atoms with van der Waals surface area (Å²) in [7, 11) is 0. The van der Waals surface area contributed by atoms with Crippen molar-refractivity contribution < 1.29 is 29.4 Å². The van der Waals surface area contributed by atoms with E-state index in [1.54, 1.807) is 36.7 Å². The number of nitrogens with one attached hydrogen (secondary N) is 1. The van der Waals surface area contributed by atoms with Gasteiger partial charge in [-0.15, -0.1) is 0 Å². The Kier molecular flexibility index (Phi) is 7.61. The zero-order chi connectivity index (χ0) is 18.9. The lowest BCUT2D eigenvalue weighted by atomic mass is 10.2. The topological polar surface area (TPSA) is 113 Å². The van der Waals surface area contributed by atoms with Crippen LogP contribution in [0.5, 0.6) is 0 Å². The lowest BCUT2D eigenvalue weighted by Gasteiger charge is -2.19. The van der Waals surface area contributed by atoms with Crippen LogP contribution in [0.3, 0.4) is 0 Å². The van der Waals surface area contributed by atoms with E-state index in [-0.39, 0.29) is 0 Å². The molecule has 0 saturated carbocycles. The molecule has 2 aromatic heterocycles. The first-order valence-corrected chi connectivity index (χ1v) is 7.75. The first-order valence-electron chi connectivity index (χ1n) is 7.75. The predicted octanol–water partition coefficient (Wildman–Crippen LogP) is 0.906. The SMILES string of the molecule is CC(C)(C)OC(=O)NCc1cc[n+](O)cc1.NCc1cc[n+](O)cc1. The number of amides is 1. The molecule has 0 atom stereocenters. The fraction of sp³-hybridized carbons (Fsp3) is 0.353. The Morgan fingerprint density at radius 2 is 1.48 bits per heavy atom. The molecule has 2 heterocycles. The van der Waals surface area contributed by atoms with Gasteiger partial charge < -0.3 is 15.8 Å². The molecule has 0 bridgehead atoms. The number of carbonyl (C=O) groups is 1. The van der Waals surface area contributed by atoms with E-state index in [4.69, 9.17) is 20.9 Å². The first kappa shape index (κ1) is 20.2. The van der Waals surface area contributed by atoms with Crippen molar-refractivity contribution in [1.29, 1.82) is 0 Å². The van der Waals surface area contributed by atoms with Gasteiger partial charge in [0, 0.05) is 46.8 Å². The van der Waals surface area contributed by atoms with Crippen LogP contribution in [0.25, 0.3) is 0 Å². The maximum atomic E-state index is 11.3. The fourth-order valence-electron chi connectivity index (χ4n) is 1.64. The molecular weight excluding hydrogens is 324 g/mol. The van der Waals surface area contributed by atoms with Gasteiger partial charge in [-0.1, -0.05) is 0 Å². The summed E-state index contributed by atoms with van der Waals surface area (Å²) in [6.45, 7) is 6.31. The molecule has 1 amide bonds. The van der Waals surface area contributed by atoms with Gasteiger partial charge in [-0.3, -0.25) is 10.4 Å². The van der Waals surface area contributed by atoms with E-state index in [2.05, 4.69) is 5.32 Å². The van der Waals surface area contributed by atoms with Gasteiger partial charge in [0.05, 0.1) is 0 Å². The Morgan fingerprint density at radius 1 is 1.04 bits per heavy atom. The summed E-state index contributed by atoms with van der Waals surface area (Å²) in [6, 6.07) is 6.94. The highest BCUT2D eigenvalue weighted by molar-refractivity contribution is 5.67. The van der Waals surface area contributed by atoms with Crippen LogP contribution < -0.4 is 20.5 Å². The predicted molar refractivity (Wildman–Crippen MR) is 88.6 cm³/mol. The van der Waals surface area contributed by atoms with Crippen molar-refractivity contribution in [1.82, 2.24) is 5.32 Å². The van der Waals surface area contributed by atoms with Crippen molar-refractivity contribution in [2.24, 2.45) is 5.73 Å². The fourth-order valence-corrected chi connectivity index (χ4v) is 1.64. The summed E-state index contributed by atoms with van der Waals surface area (Å²) in [4.78, 5) is 11.3. The van der Waals surface area contributed by atoms with Gasteiger partial charge in [0.2, 0.25) is 24.8 Å². The third-order valence-corrected chi connectivity index (χ3v) is 2.84. The molecule has 2 rings (SSSR count). The summed E-state index contributed by atoms with van der Waals surface area (Å²) >= 11 is 0. The largest absolute Gasteiger partial charge is 0.444 e. The number of pyridine rings is 2. The smallest absolute Gasteiger partial charge is 0.407 e. The van der Waals surface area contributed by atoms with Gasteiger partial charge in [-0.05, 0) is 31.9 Å². The highest BCUT2D eigenvalue weighted by Gasteiger charge is 2.15. The minimum atomic E-state index is -0.491. The van der Waals surface area contributed by atoms with Crippen LogP contribution in [-0.2, 0) is 17.8 Å². The molecule has 0 aliphatic heterocycles. The molecule has 2 aromatic rings. The van der Waals surface area contributed by atoms with Crippen LogP contribution >= 0.6 is 0 Å². The molecule has 0 aliphatic rings. The van der Waals surface area contributed by atoms with E-state index >= 15 is 0 Å². The summed E-state index contributed by atoms with van der Waals surface area (Å²) in [5.74, 6) is 0. The Morgan fingerprint density at radius 3 is 1.88 bits per heavy atom. The standard InChI is InChI=1S/C11H16N2O3.C6H9N2O/c1-11(2,3)16-10(14)12-8-9-4-6-13(15)7-5-9;7-5-6-1-3-8(9)4-2-6/h4-7H,8H2,1-3H3,(H-,12,14,15);1-4,9H,5,7H2/q;+1/p+1. The summed E-state index contributed by atoms with van der Waals surface area (Å²) in [6.07, 6.45) is 5.62. The zero-order valence-corrected chi connectivity index (χ0v) is 14.7. The van der Waals surface area contributed by atoms with E-state index in [9.17, 15) is 4.79 Å². The minimum absolute atomic E-state index is 0.371. The number of carbonyl (C=O) groups excluding carboxylic acids is 1. The van der Waals surface area contributed by atoms with Crippen molar-refractivity contribution in [3.63, 3.8) is 0 Å². The van der Waals surface area contributed by atoms with Gasteiger partial charge in [-0.25, -0.2) is 4.79 Å². The van der Waals surface area contributed by atoms with Gasteiger partial charge in [0.15, 0.2) is 0 Å². The average molecular weight is 350 g/mol. The highest BCUT2D eigenvalue weighted by atomic mass is 16.6. The van der Waals surface area contributed by atoms with Gasteiger partial charge in [0.1, 0.15) is 5.60 Å². The van der Waals surface area contributed by atoms with Crippen LogP contribution in [0, 0.1) is 0 Å². The van der Waals surface area contributed by atoms with Crippen LogP contribution in [0.1, 0.15) is 31.9 Å². The number of ether oxygens (including phenoxy) is 1. The molecule has 136 valence electrons. The highest BCUT2D eigenvalue weighted by Crippen LogP contribution is 2.06. The number of aromatic nitrogens is 2. The van der Waals surface area contributed by atoms with Crippen molar-refractivity contribution in [2.45, 2.75) is 39.5 Å². The number of rotatable bonds is 3. The van der Waals surface area contributed by atoms with Crippen molar-refractivity contribution in [2.75, 3.05) is 0 Å². The number of nitrogens with zero attached hydrogens (tertiary/aromatic N) is 2. The van der Waals surface area contributed by atoms with Crippen molar-refractivity contribution in [3.05, 3.63) is 60.2 Å². The molecule has 8 heteroatoms. The lowest BCUT2D eigenvalue weighted by molar-refractivity contribution is -0.904. The Balaban J connectivity index is 0.000000293. The number of alkyl carbamates (subject to hydrolysis) is 1. The molecule has 0 radical (unpaired) electrons. The molecule has 0 fully saturated rings. The monoisotopic (exact) mass is 350 g/mol. The number of hydrogen-bond acceptors (Lipinski definition) is 5. The van der Waals surface area contributed by atoms with Crippen molar-refractivity contribution in [3.8, 4) is 0 Å². The summed E-state index contributed by atoms with van der Waals surface area (Å²) in [5, 5.41) is 20.3. The van der Waals surface area contributed by atoms with Gasteiger partial charge >= 0.3 is 6.09 Å². The molecule has 25 heavy (non-hydrogen) atoms. The lowest BCUT2D eigenvalue weighted by Crippen LogP contribution is -2.32.